The molecule has 4 nitrogen and oxygen atoms in total. The van der Waals surface area contributed by atoms with Crippen molar-refractivity contribution in [3.05, 3.63) is 28.7 Å². The van der Waals surface area contributed by atoms with Crippen LogP contribution in [0.1, 0.15) is 0 Å². The van der Waals surface area contributed by atoms with E-state index in [0.29, 0.717) is 0 Å². The van der Waals surface area contributed by atoms with Crippen molar-refractivity contribution in [2.24, 2.45) is 0 Å². The first-order chi connectivity index (χ1) is 5.25. The summed E-state index contributed by atoms with van der Waals surface area (Å²) in [6.07, 6.45) is 1.51. The van der Waals surface area contributed by atoms with Crippen LogP contribution in [0.3, 0.4) is 0 Å². The second kappa shape index (κ2) is 3.21. The van der Waals surface area contributed by atoms with Gasteiger partial charge in [0.05, 0.1) is 6.61 Å². The SMILES string of the molecule is O=c1c(O)cccn1CCO. The van der Waals surface area contributed by atoms with Crippen molar-refractivity contribution in [2.45, 2.75) is 6.54 Å². The first-order valence-electron chi connectivity index (χ1n) is 3.25. The van der Waals surface area contributed by atoms with Crippen molar-refractivity contribution in [1.82, 2.24) is 4.57 Å². The van der Waals surface area contributed by atoms with E-state index in [-0.39, 0.29) is 18.9 Å². The summed E-state index contributed by atoms with van der Waals surface area (Å²) in [6, 6.07) is 2.86. The van der Waals surface area contributed by atoms with E-state index in [1.807, 2.05) is 0 Å². The molecule has 0 radical (unpaired) electrons. The summed E-state index contributed by atoms with van der Waals surface area (Å²) in [5.41, 5.74) is -0.471. The smallest absolute Gasteiger partial charge is 0.292 e. The normalized spacial score (nSPS) is 9.91. The molecule has 0 saturated heterocycles. The molecule has 0 spiro atoms. The Balaban J connectivity index is 3.07. The molecule has 60 valence electrons. The van der Waals surface area contributed by atoms with Gasteiger partial charge in [-0.05, 0) is 12.1 Å². The van der Waals surface area contributed by atoms with Gasteiger partial charge < -0.3 is 14.8 Å². The van der Waals surface area contributed by atoms with Crippen LogP contribution in [0.4, 0.5) is 0 Å². The minimum absolute atomic E-state index is 0.108. The highest BCUT2D eigenvalue weighted by Crippen LogP contribution is 1.96. The Morgan fingerprint density at radius 1 is 1.55 bits per heavy atom. The van der Waals surface area contributed by atoms with E-state index < -0.39 is 5.56 Å². The Morgan fingerprint density at radius 2 is 2.27 bits per heavy atom. The number of aliphatic hydroxyl groups excluding tert-OH is 1. The van der Waals surface area contributed by atoms with Crippen LogP contribution in [0.25, 0.3) is 0 Å². The molecule has 0 aliphatic heterocycles. The summed E-state index contributed by atoms with van der Waals surface area (Å²) in [5, 5.41) is 17.4. The summed E-state index contributed by atoms with van der Waals surface area (Å²) in [4.78, 5) is 11.0. The highest BCUT2D eigenvalue weighted by atomic mass is 16.3. The number of aliphatic hydroxyl groups is 1. The van der Waals surface area contributed by atoms with E-state index in [1.54, 1.807) is 6.07 Å². The Morgan fingerprint density at radius 3 is 2.91 bits per heavy atom. The van der Waals surface area contributed by atoms with Crippen molar-refractivity contribution in [1.29, 1.82) is 0 Å². The molecular weight excluding hydrogens is 146 g/mol. The molecule has 2 N–H and O–H groups in total. The molecule has 0 amide bonds. The van der Waals surface area contributed by atoms with Gasteiger partial charge in [0.2, 0.25) is 0 Å². The zero-order chi connectivity index (χ0) is 8.27. The van der Waals surface area contributed by atoms with Crippen molar-refractivity contribution >= 4 is 0 Å². The number of aromatic nitrogens is 1. The standard InChI is InChI=1S/C7H9NO3/c9-5-4-8-3-1-2-6(10)7(8)11/h1-3,9-10H,4-5H2. The predicted octanol–water partition coefficient (Wildman–Crippen LogP) is -0.454. The van der Waals surface area contributed by atoms with Gasteiger partial charge in [0.1, 0.15) is 0 Å². The quantitative estimate of drug-likeness (QED) is 0.607. The molecule has 0 aliphatic carbocycles. The van der Waals surface area contributed by atoms with Gasteiger partial charge >= 0.3 is 0 Å². The molecule has 11 heavy (non-hydrogen) atoms. The molecule has 0 saturated carbocycles. The lowest BCUT2D eigenvalue weighted by molar-refractivity contribution is 0.273. The average Bonchev–Trinajstić information content (AvgIpc) is 1.99. The van der Waals surface area contributed by atoms with E-state index in [1.165, 1.54) is 16.8 Å². The number of nitrogens with zero attached hydrogens (tertiary/aromatic N) is 1. The minimum atomic E-state index is -0.471. The van der Waals surface area contributed by atoms with Gasteiger partial charge in [0.15, 0.2) is 5.75 Å². The van der Waals surface area contributed by atoms with E-state index in [2.05, 4.69) is 0 Å². The molecule has 4 heteroatoms. The molecule has 0 fully saturated rings. The Labute approximate surface area is 63.3 Å². The van der Waals surface area contributed by atoms with Crippen LogP contribution in [-0.4, -0.2) is 21.4 Å². The molecule has 1 rings (SSSR count). The third-order valence-corrected chi connectivity index (χ3v) is 1.34. The van der Waals surface area contributed by atoms with Crippen LogP contribution in [0.15, 0.2) is 23.1 Å². The second-order valence-corrected chi connectivity index (χ2v) is 2.12. The number of rotatable bonds is 2. The largest absolute Gasteiger partial charge is 0.503 e. The van der Waals surface area contributed by atoms with Crippen molar-refractivity contribution in [2.75, 3.05) is 6.61 Å². The maximum Gasteiger partial charge on any atom is 0.292 e. The van der Waals surface area contributed by atoms with E-state index in [0.717, 1.165) is 0 Å². The molecule has 0 aromatic carbocycles. The maximum absolute atomic E-state index is 11.0. The highest BCUT2D eigenvalue weighted by molar-refractivity contribution is 5.14. The Hall–Kier alpha value is -1.29. The van der Waals surface area contributed by atoms with Gasteiger partial charge in [0.25, 0.3) is 5.56 Å². The molecule has 1 aromatic heterocycles. The number of aromatic hydroxyl groups is 1. The molecule has 0 bridgehead atoms. The minimum Gasteiger partial charge on any atom is -0.503 e. The second-order valence-electron chi connectivity index (χ2n) is 2.12. The van der Waals surface area contributed by atoms with Gasteiger partial charge in [-0.3, -0.25) is 4.79 Å². The fourth-order valence-electron chi connectivity index (χ4n) is 0.808. The Kier molecular flexibility index (Phi) is 2.28. The molecule has 0 atom stereocenters. The van der Waals surface area contributed by atoms with Gasteiger partial charge in [-0.2, -0.15) is 0 Å². The summed E-state index contributed by atoms with van der Waals surface area (Å²) in [7, 11) is 0. The fraction of sp³-hybridized carbons (Fsp3) is 0.286. The van der Waals surface area contributed by atoms with E-state index in [9.17, 15) is 4.79 Å². The highest BCUT2D eigenvalue weighted by Gasteiger charge is 1.97. The van der Waals surface area contributed by atoms with Crippen LogP contribution in [-0.2, 0) is 6.54 Å². The van der Waals surface area contributed by atoms with Crippen molar-refractivity contribution in [3.8, 4) is 5.75 Å². The predicted molar refractivity (Wildman–Crippen MR) is 39.5 cm³/mol. The zero-order valence-electron chi connectivity index (χ0n) is 5.90. The van der Waals surface area contributed by atoms with Gasteiger partial charge in [-0.25, -0.2) is 0 Å². The molecule has 0 aliphatic rings. The fourth-order valence-corrected chi connectivity index (χ4v) is 0.808. The van der Waals surface area contributed by atoms with Crippen molar-refractivity contribution < 1.29 is 10.2 Å². The van der Waals surface area contributed by atoms with Crippen LogP contribution in [0, 0.1) is 0 Å². The Bertz CT molecular complexity index is 292. The first kappa shape index (κ1) is 7.81. The summed E-state index contributed by atoms with van der Waals surface area (Å²) in [5.74, 6) is -0.291. The first-order valence-corrected chi connectivity index (χ1v) is 3.25. The monoisotopic (exact) mass is 155 g/mol. The van der Waals surface area contributed by atoms with E-state index in [4.69, 9.17) is 10.2 Å². The van der Waals surface area contributed by atoms with Gasteiger partial charge in [-0.15, -0.1) is 0 Å². The lowest BCUT2D eigenvalue weighted by atomic mass is 10.4. The number of pyridine rings is 1. The van der Waals surface area contributed by atoms with Gasteiger partial charge in [0, 0.05) is 12.7 Å². The topological polar surface area (TPSA) is 62.5 Å². The lowest BCUT2D eigenvalue weighted by Gasteiger charge is -2.01. The third-order valence-electron chi connectivity index (χ3n) is 1.34. The summed E-state index contributed by atoms with van der Waals surface area (Å²) < 4.78 is 1.25. The zero-order valence-corrected chi connectivity index (χ0v) is 5.90. The third kappa shape index (κ3) is 1.59. The van der Waals surface area contributed by atoms with E-state index >= 15 is 0 Å². The summed E-state index contributed by atoms with van der Waals surface area (Å²) >= 11 is 0. The number of hydrogen-bond donors (Lipinski definition) is 2. The molecule has 1 heterocycles. The summed E-state index contributed by atoms with van der Waals surface area (Å²) in [6.45, 7) is 0.108. The molecule has 0 unspecified atom stereocenters. The van der Waals surface area contributed by atoms with Gasteiger partial charge in [-0.1, -0.05) is 0 Å². The maximum atomic E-state index is 11.0. The van der Waals surface area contributed by atoms with Crippen LogP contribution in [0.2, 0.25) is 0 Å². The lowest BCUT2D eigenvalue weighted by Crippen LogP contribution is -2.19. The molecular formula is C7H9NO3. The van der Waals surface area contributed by atoms with Crippen LogP contribution >= 0.6 is 0 Å². The van der Waals surface area contributed by atoms with Crippen LogP contribution < -0.4 is 5.56 Å². The average molecular weight is 155 g/mol. The number of hydrogen-bond acceptors (Lipinski definition) is 3. The molecule has 1 aromatic rings. The van der Waals surface area contributed by atoms with Crippen molar-refractivity contribution in [3.63, 3.8) is 0 Å². The van der Waals surface area contributed by atoms with Crippen LogP contribution in [0.5, 0.6) is 5.75 Å².